The third-order valence-electron chi connectivity index (χ3n) is 1.48. The van der Waals surface area contributed by atoms with E-state index in [9.17, 15) is 4.39 Å². The van der Waals surface area contributed by atoms with Gasteiger partial charge in [0, 0.05) is 12.4 Å². The van der Waals surface area contributed by atoms with E-state index >= 15 is 0 Å². The van der Waals surface area contributed by atoms with Crippen molar-refractivity contribution in [3.63, 3.8) is 0 Å². The third kappa shape index (κ3) is 2.97. The van der Waals surface area contributed by atoms with Crippen LogP contribution in [0.25, 0.3) is 0 Å². The molecule has 1 rings (SSSR count). The first-order chi connectivity index (χ1) is 6.27. The molecule has 0 spiro atoms. The molecule has 0 bridgehead atoms. The van der Waals surface area contributed by atoms with Crippen molar-refractivity contribution < 1.29 is 13.9 Å². The van der Waals surface area contributed by atoms with Gasteiger partial charge in [0.1, 0.15) is 0 Å². The summed E-state index contributed by atoms with van der Waals surface area (Å²) >= 11 is 3.24. The van der Waals surface area contributed by atoms with Crippen molar-refractivity contribution in [3.05, 3.63) is 29.6 Å². The number of halogens is 2. The molecule has 0 aliphatic heterocycles. The first-order valence-electron chi connectivity index (χ1n) is 3.74. The van der Waals surface area contributed by atoms with Crippen LogP contribution in [0.15, 0.2) is 18.2 Å². The van der Waals surface area contributed by atoms with Crippen molar-refractivity contribution in [2.75, 3.05) is 13.9 Å². The van der Waals surface area contributed by atoms with Crippen LogP contribution in [-0.2, 0) is 10.1 Å². The van der Waals surface area contributed by atoms with Gasteiger partial charge in [-0.05, 0) is 17.7 Å². The van der Waals surface area contributed by atoms with Crippen molar-refractivity contribution >= 4 is 15.9 Å². The number of benzene rings is 1. The molecule has 13 heavy (non-hydrogen) atoms. The van der Waals surface area contributed by atoms with E-state index in [1.165, 1.54) is 13.2 Å². The zero-order valence-electron chi connectivity index (χ0n) is 7.22. The first kappa shape index (κ1) is 10.5. The quantitative estimate of drug-likeness (QED) is 0.603. The topological polar surface area (TPSA) is 18.5 Å². The molecule has 0 saturated carbocycles. The van der Waals surface area contributed by atoms with E-state index < -0.39 is 0 Å². The van der Waals surface area contributed by atoms with E-state index in [1.54, 1.807) is 12.1 Å². The SMILES string of the molecule is COCOc1ccc(CBr)cc1F. The van der Waals surface area contributed by atoms with E-state index in [1.807, 2.05) is 0 Å². The highest BCUT2D eigenvalue weighted by molar-refractivity contribution is 9.08. The first-order valence-corrected chi connectivity index (χ1v) is 4.86. The lowest BCUT2D eigenvalue weighted by atomic mass is 10.2. The Labute approximate surface area is 84.8 Å². The Kier molecular flexibility index (Phi) is 4.18. The summed E-state index contributed by atoms with van der Waals surface area (Å²) < 4.78 is 22.8. The predicted octanol–water partition coefficient (Wildman–Crippen LogP) is 2.70. The number of hydrogen-bond donors (Lipinski definition) is 0. The van der Waals surface area contributed by atoms with Gasteiger partial charge < -0.3 is 9.47 Å². The molecule has 0 aliphatic carbocycles. The minimum absolute atomic E-state index is 0.0601. The molecule has 0 aromatic heterocycles. The van der Waals surface area contributed by atoms with Crippen LogP contribution >= 0.6 is 15.9 Å². The van der Waals surface area contributed by atoms with Crippen LogP contribution in [0.5, 0.6) is 5.75 Å². The maximum absolute atomic E-state index is 13.2. The van der Waals surface area contributed by atoms with Gasteiger partial charge in [-0.15, -0.1) is 0 Å². The van der Waals surface area contributed by atoms with Gasteiger partial charge >= 0.3 is 0 Å². The molecule has 0 heterocycles. The molecule has 0 atom stereocenters. The summed E-state index contributed by atoms with van der Waals surface area (Å²) in [6.45, 7) is 0.0601. The minimum atomic E-state index is -0.367. The fourth-order valence-corrected chi connectivity index (χ4v) is 1.22. The van der Waals surface area contributed by atoms with Gasteiger partial charge in [0.05, 0.1) is 0 Å². The lowest BCUT2D eigenvalue weighted by Crippen LogP contribution is -2.00. The highest BCUT2D eigenvalue weighted by atomic mass is 79.9. The summed E-state index contributed by atoms with van der Waals surface area (Å²) in [5, 5.41) is 0.633. The molecule has 0 radical (unpaired) electrons. The molecule has 0 unspecified atom stereocenters. The summed E-state index contributed by atoms with van der Waals surface area (Å²) in [6, 6.07) is 4.81. The molecule has 0 amide bonds. The number of alkyl halides is 1. The molecule has 0 aliphatic rings. The van der Waals surface area contributed by atoms with Crippen LogP contribution in [0.3, 0.4) is 0 Å². The van der Waals surface area contributed by atoms with Crippen molar-refractivity contribution in [2.24, 2.45) is 0 Å². The normalized spacial score (nSPS) is 10.1. The van der Waals surface area contributed by atoms with Crippen LogP contribution in [0.1, 0.15) is 5.56 Å². The van der Waals surface area contributed by atoms with Gasteiger partial charge in [0.15, 0.2) is 18.4 Å². The maximum atomic E-state index is 13.2. The summed E-state index contributed by atoms with van der Waals surface area (Å²) in [4.78, 5) is 0. The summed E-state index contributed by atoms with van der Waals surface area (Å²) in [5.41, 5.74) is 0.877. The van der Waals surface area contributed by atoms with E-state index in [2.05, 4.69) is 20.7 Å². The van der Waals surface area contributed by atoms with E-state index in [0.717, 1.165) is 5.56 Å². The zero-order valence-corrected chi connectivity index (χ0v) is 8.80. The molecule has 2 nitrogen and oxygen atoms in total. The molecule has 0 fully saturated rings. The summed E-state index contributed by atoms with van der Waals surface area (Å²) in [7, 11) is 1.49. The van der Waals surface area contributed by atoms with Crippen molar-refractivity contribution in [3.8, 4) is 5.75 Å². The van der Waals surface area contributed by atoms with Crippen LogP contribution in [0.2, 0.25) is 0 Å². The predicted molar refractivity (Wildman–Crippen MR) is 51.5 cm³/mol. The van der Waals surface area contributed by atoms with Gasteiger partial charge in [-0.1, -0.05) is 22.0 Å². The number of methoxy groups -OCH3 is 1. The highest BCUT2D eigenvalue weighted by Crippen LogP contribution is 2.19. The second-order valence-corrected chi connectivity index (χ2v) is 3.01. The average molecular weight is 249 g/mol. The van der Waals surface area contributed by atoms with E-state index in [4.69, 9.17) is 4.74 Å². The maximum Gasteiger partial charge on any atom is 0.188 e. The minimum Gasteiger partial charge on any atom is -0.464 e. The van der Waals surface area contributed by atoms with E-state index in [0.29, 0.717) is 5.33 Å². The Bertz CT molecular complexity index is 278. The Morgan fingerprint density at radius 2 is 2.23 bits per heavy atom. The summed E-state index contributed by atoms with van der Waals surface area (Å²) in [5.74, 6) is -0.152. The monoisotopic (exact) mass is 248 g/mol. The lowest BCUT2D eigenvalue weighted by molar-refractivity contribution is 0.0483. The second kappa shape index (κ2) is 5.19. The molecule has 0 saturated heterocycles. The zero-order chi connectivity index (χ0) is 9.68. The Balaban J connectivity index is 2.73. The van der Waals surface area contributed by atoms with Gasteiger partial charge in [0.25, 0.3) is 0 Å². The van der Waals surface area contributed by atoms with E-state index in [-0.39, 0.29) is 18.4 Å². The average Bonchev–Trinajstić information content (AvgIpc) is 2.16. The molecule has 0 N–H and O–H groups in total. The molecule has 4 heteroatoms. The molecular formula is C9H10BrFO2. The smallest absolute Gasteiger partial charge is 0.188 e. The molecule has 1 aromatic rings. The Morgan fingerprint density at radius 3 is 2.77 bits per heavy atom. The standard InChI is InChI=1S/C9H10BrFO2/c1-12-6-13-9-3-2-7(5-10)4-8(9)11/h2-4H,5-6H2,1H3. The molecule has 1 aromatic carbocycles. The van der Waals surface area contributed by atoms with Crippen molar-refractivity contribution in [1.29, 1.82) is 0 Å². The van der Waals surface area contributed by atoms with Crippen LogP contribution < -0.4 is 4.74 Å². The van der Waals surface area contributed by atoms with Gasteiger partial charge in [0.2, 0.25) is 0 Å². The molecule has 72 valence electrons. The van der Waals surface area contributed by atoms with Crippen molar-refractivity contribution in [2.45, 2.75) is 5.33 Å². The highest BCUT2D eigenvalue weighted by Gasteiger charge is 2.03. The lowest BCUT2D eigenvalue weighted by Gasteiger charge is -2.06. The third-order valence-corrected chi connectivity index (χ3v) is 2.13. The van der Waals surface area contributed by atoms with Gasteiger partial charge in [-0.25, -0.2) is 4.39 Å². The fraction of sp³-hybridized carbons (Fsp3) is 0.333. The summed E-state index contributed by atoms with van der Waals surface area (Å²) in [6.07, 6.45) is 0. The number of ether oxygens (including phenoxy) is 2. The van der Waals surface area contributed by atoms with Crippen molar-refractivity contribution in [1.82, 2.24) is 0 Å². The van der Waals surface area contributed by atoms with Gasteiger partial charge in [-0.2, -0.15) is 0 Å². The second-order valence-electron chi connectivity index (χ2n) is 2.45. The van der Waals surface area contributed by atoms with Gasteiger partial charge in [-0.3, -0.25) is 0 Å². The fourth-order valence-electron chi connectivity index (χ4n) is 0.867. The Hall–Kier alpha value is -0.610. The van der Waals surface area contributed by atoms with Crippen LogP contribution in [0, 0.1) is 5.82 Å². The number of hydrogen-bond acceptors (Lipinski definition) is 2. The van der Waals surface area contributed by atoms with Crippen LogP contribution in [-0.4, -0.2) is 13.9 Å². The molecular weight excluding hydrogens is 239 g/mol. The Morgan fingerprint density at radius 1 is 1.46 bits per heavy atom. The number of rotatable bonds is 4. The van der Waals surface area contributed by atoms with Crippen LogP contribution in [0.4, 0.5) is 4.39 Å². The largest absolute Gasteiger partial charge is 0.464 e.